The highest BCUT2D eigenvalue weighted by molar-refractivity contribution is 5.31. The molecule has 3 N–H and O–H groups in total. The van der Waals surface area contributed by atoms with Gasteiger partial charge >= 0.3 is 5.63 Å². The van der Waals surface area contributed by atoms with Crippen LogP contribution in [0.1, 0.15) is 84.5 Å². The summed E-state index contributed by atoms with van der Waals surface area (Å²) in [6.07, 6.45) is 11.2. The Kier molecular flexibility index (Phi) is 11.0. The third kappa shape index (κ3) is 10.7. The minimum Gasteiger partial charge on any atom is -0.507 e. The zero-order valence-electron chi connectivity index (χ0n) is 20.0. The van der Waals surface area contributed by atoms with Gasteiger partial charge < -0.3 is 19.7 Å². The second kappa shape index (κ2) is 12.7. The molecule has 0 aliphatic carbocycles. The fraction of sp³-hybridized carbons (Fsp3) is 0.577. The van der Waals surface area contributed by atoms with E-state index in [9.17, 15) is 20.1 Å². The second-order valence-corrected chi connectivity index (χ2v) is 9.15. The van der Waals surface area contributed by atoms with Gasteiger partial charge in [0.2, 0.25) is 0 Å². The molecule has 5 nitrogen and oxygen atoms in total. The average molecular weight is 433 g/mol. The maximum absolute atomic E-state index is 11.8. The molecule has 0 spiro atoms. The van der Waals surface area contributed by atoms with Crippen molar-refractivity contribution >= 4 is 0 Å². The molecule has 0 aliphatic heterocycles. The second-order valence-electron chi connectivity index (χ2n) is 9.15. The Hall–Kier alpha value is -2.11. The van der Waals surface area contributed by atoms with Crippen molar-refractivity contribution in [3.05, 3.63) is 62.8 Å². The Morgan fingerprint density at radius 2 is 1.55 bits per heavy atom. The molecule has 1 atom stereocenters. The predicted octanol–water partition coefficient (Wildman–Crippen LogP) is 5.51. The van der Waals surface area contributed by atoms with Gasteiger partial charge in [0.05, 0.1) is 17.3 Å². The quantitative estimate of drug-likeness (QED) is 0.379. The number of aliphatic hydroxyl groups excluding tert-OH is 1. The molecule has 31 heavy (non-hydrogen) atoms. The fourth-order valence-corrected chi connectivity index (χ4v) is 3.20. The fourth-order valence-electron chi connectivity index (χ4n) is 3.20. The highest BCUT2D eigenvalue weighted by atomic mass is 16.4. The van der Waals surface area contributed by atoms with E-state index in [-0.39, 0.29) is 5.75 Å². The first kappa shape index (κ1) is 26.9. The van der Waals surface area contributed by atoms with Crippen LogP contribution >= 0.6 is 0 Å². The van der Waals surface area contributed by atoms with Crippen molar-refractivity contribution in [2.24, 2.45) is 0 Å². The molecule has 0 bridgehead atoms. The Bertz CT molecular complexity index is 850. The molecule has 1 heterocycles. The molecule has 0 amide bonds. The molecule has 0 fully saturated rings. The zero-order valence-corrected chi connectivity index (χ0v) is 20.0. The standard InChI is InChI=1S/C26H40O5/c1-18(10-8-12-20(3)14-16-24(28)26(5,6)30)9-7-11-19(2)13-15-22-23(27)17-21(4)31-25(22)29/h9,12-13,17,24,27-28,30H,7-8,10-11,14-16H2,1-6H3/b18-9+,19-13+,20-12+/t24-/m0/s1. The number of hydrogen-bond acceptors (Lipinski definition) is 5. The summed E-state index contributed by atoms with van der Waals surface area (Å²) >= 11 is 0. The lowest BCUT2D eigenvalue weighted by molar-refractivity contribution is -0.0509. The van der Waals surface area contributed by atoms with E-state index in [4.69, 9.17) is 4.42 Å². The highest BCUT2D eigenvalue weighted by Gasteiger charge is 2.23. The van der Waals surface area contributed by atoms with Crippen LogP contribution in [0.4, 0.5) is 0 Å². The van der Waals surface area contributed by atoms with E-state index >= 15 is 0 Å². The number of aliphatic hydroxyl groups is 2. The highest BCUT2D eigenvalue weighted by Crippen LogP contribution is 2.19. The van der Waals surface area contributed by atoms with Crippen molar-refractivity contribution in [3.63, 3.8) is 0 Å². The average Bonchev–Trinajstić information content (AvgIpc) is 2.64. The van der Waals surface area contributed by atoms with E-state index in [2.05, 4.69) is 26.0 Å². The van der Waals surface area contributed by atoms with Crippen molar-refractivity contribution < 1.29 is 19.7 Å². The number of aromatic hydroxyl groups is 1. The molecule has 0 radical (unpaired) electrons. The Morgan fingerprint density at radius 3 is 2.06 bits per heavy atom. The summed E-state index contributed by atoms with van der Waals surface area (Å²) in [5, 5.41) is 29.6. The molecule has 0 saturated heterocycles. The third-order valence-electron chi connectivity index (χ3n) is 5.49. The van der Waals surface area contributed by atoms with Gasteiger partial charge in [-0.2, -0.15) is 0 Å². The first-order valence-electron chi connectivity index (χ1n) is 11.1. The molecule has 1 aromatic heterocycles. The SMILES string of the molecule is C/C(=C\CC/C(C)=C/Cc1c(O)cc(C)oc1=O)CC/C=C(\C)CC[C@H](O)C(C)(C)O. The van der Waals surface area contributed by atoms with Crippen LogP contribution in [0.15, 0.2) is 50.2 Å². The molecule has 174 valence electrons. The van der Waals surface area contributed by atoms with E-state index in [1.54, 1.807) is 20.8 Å². The number of hydrogen-bond donors (Lipinski definition) is 3. The lowest BCUT2D eigenvalue weighted by Gasteiger charge is -2.24. The van der Waals surface area contributed by atoms with E-state index in [0.29, 0.717) is 24.2 Å². The monoisotopic (exact) mass is 432 g/mol. The van der Waals surface area contributed by atoms with E-state index in [1.165, 1.54) is 22.8 Å². The van der Waals surface area contributed by atoms with Crippen molar-refractivity contribution in [1.29, 1.82) is 0 Å². The van der Waals surface area contributed by atoms with Crippen LogP contribution in [0.2, 0.25) is 0 Å². The van der Waals surface area contributed by atoms with Gasteiger partial charge in [-0.05, 0) is 80.1 Å². The maximum Gasteiger partial charge on any atom is 0.343 e. The lowest BCUT2D eigenvalue weighted by atomic mass is 9.95. The summed E-state index contributed by atoms with van der Waals surface area (Å²) < 4.78 is 5.05. The van der Waals surface area contributed by atoms with Crippen LogP contribution in [0, 0.1) is 6.92 Å². The zero-order chi connectivity index (χ0) is 23.6. The topological polar surface area (TPSA) is 90.9 Å². The van der Waals surface area contributed by atoms with Crippen LogP contribution in [-0.2, 0) is 6.42 Å². The van der Waals surface area contributed by atoms with Gasteiger partial charge in [-0.1, -0.05) is 34.9 Å². The van der Waals surface area contributed by atoms with Crippen molar-refractivity contribution in [1.82, 2.24) is 0 Å². The first-order valence-corrected chi connectivity index (χ1v) is 11.1. The number of rotatable bonds is 12. The first-order chi connectivity index (χ1) is 14.4. The molecule has 1 aromatic rings. The lowest BCUT2D eigenvalue weighted by Crippen LogP contribution is -2.35. The molecule has 0 saturated carbocycles. The van der Waals surface area contributed by atoms with Gasteiger partial charge in [0.1, 0.15) is 11.5 Å². The normalized spacial score (nSPS) is 14.8. The Labute approximate surface area is 186 Å². The minimum absolute atomic E-state index is 0.00790. The van der Waals surface area contributed by atoms with Gasteiger partial charge in [-0.25, -0.2) is 4.79 Å². The summed E-state index contributed by atoms with van der Waals surface area (Å²) in [6, 6.07) is 1.47. The Balaban J connectivity index is 2.40. The largest absolute Gasteiger partial charge is 0.507 e. The molecule has 0 aliphatic rings. The van der Waals surface area contributed by atoms with Crippen LogP contribution < -0.4 is 5.63 Å². The molecule has 5 heteroatoms. The summed E-state index contributed by atoms with van der Waals surface area (Å²) in [5.41, 5.74) is 2.51. The maximum atomic E-state index is 11.8. The van der Waals surface area contributed by atoms with Gasteiger partial charge in [0.25, 0.3) is 0 Å². The number of allylic oxidation sites excluding steroid dienone is 6. The smallest absolute Gasteiger partial charge is 0.343 e. The van der Waals surface area contributed by atoms with Gasteiger partial charge in [0, 0.05) is 12.5 Å². The summed E-state index contributed by atoms with van der Waals surface area (Å²) in [5.74, 6) is 0.399. The summed E-state index contributed by atoms with van der Waals surface area (Å²) in [4.78, 5) is 11.8. The predicted molar refractivity (Wildman–Crippen MR) is 126 cm³/mol. The molecule has 1 rings (SSSR count). The van der Waals surface area contributed by atoms with Crippen molar-refractivity contribution in [2.75, 3.05) is 0 Å². The van der Waals surface area contributed by atoms with Crippen molar-refractivity contribution in [3.8, 4) is 5.75 Å². The van der Waals surface area contributed by atoms with Gasteiger partial charge in [-0.3, -0.25) is 0 Å². The van der Waals surface area contributed by atoms with Gasteiger partial charge in [-0.15, -0.1) is 0 Å². The van der Waals surface area contributed by atoms with Crippen LogP contribution in [-0.4, -0.2) is 27.0 Å². The third-order valence-corrected chi connectivity index (χ3v) is 5.49. The van der Waals surface area contributed by atoms with Crippen LogP contribution in [0.25, 0.3) is 0 Å². The summed E-state index contributed by atoms with van der Waals surface area (Å²) in [7, 11) is 0. The molecule has 0 aromatic carbocycles. The van der Waals surface area contributed by atoms with Gasteiger partial charge in [0.15, 0.2) is 0 Å². The van der Waals surface area contributed by atoms with Crippen molar-refractivity contribution in [2.45, 2.75) is 98.2 Å². The summed E-state index contributed by atoms with van der Waals surface area (Å²) in [6.45, 7) is 11.1. The van der Waals surface area contributed by atoms with Crippen LogP contribution in [0.5, 0.6) is 5.75 Å². The van der Waals surface area contributed by atoms with E-state index in [1.807, 2.05) is 13.0 Å². The number of aryl methyl sites for hydroxylation is 1. The van der Waals surface area contributed by atoms with E-state index in [0.717, 1.165) is 32.1 Å². The Morgan fingerprint density at radius 1 is 1.03 bits per heavy atom. The van der Waals surface area contributed by atoms with E-state index < -0.39 is 17.3 Å². The molecule has 0 unspecified atom stereocenters. The molecular formula is C26H40O5. The minimum atomic E-state index is -1.06. The van der Waals surface area contributed by atoms with Crippen LogP contribution in [0.3, 0.4) is 0 Å². The molecular weight excluding hydrogens is 392 g/mol.